The zero-order valence-electron chi connectivity index (χ0n) is 14.4. The van der Waals surface area contributed by atoms with Gasteiger partial charge in [0.2, 0.25) is 17.4 Å². The molecule has 1 aromatic carbocycles. The number of alkyl halides is 5. The van der Waals surface area contributed by atoms with Crippen LogP contribution in [0.15, 0.2) is 0 Å². The van der Waals surface area contributed by atoms with E-state index in [-0.39, 0.29) is 25.7 Å². The molecule has 0 atom stereocenters. The molecule has 1 aromatic rings. The summed E-state index contributed by atoms with van der Waals surface area (Å²) in [6.45, 7) is 0. The smallest absolute Gasteiger partial charge is 0.398 e. The highest BCUT2D eigenvalue weighted by molar-refractivity contribution is 5.40. The van der Waals surface area contributed by atoms with Gasteiger partial charge in [-0.25, -0.2) is 8.78 Å². The number of hydrogen-bond donors (Lipinski definition) is 0. The monoisotopic (exact) mass is 421 g/mol. The second-order valence-electron chi connectivity index (χ2n) is 6.05. The molecule has 0 N–H and O–H groups in total. The van der Waals surface area contributed by atoms with E-state index < -0.39 is 59.7 Å². The molecule has 0 fully saturated rings. The van der Waals surface area contributed by atoms with Gasteiger partial charge in [-0.05, 0) is 12.8 Å². The van der Waals surface area contributed by atoms with Crippen molar-refractivity contribution >= 4 is 0 Å². The van der Waals surface area contributed by atoms with Gasteiger partial charge in [0, 0.05) is 6.42 Å². The Labute approximate surface area is 154 Å². The van der Waals surface area contributed by atoms with E-state index in [1.807, 2.05) is 0 Å². The van der Waals surface area contributed by atoms with Crippen molar-refractivity contribution in [1.82, 2.24) is 0 Å². The van der Waals surface area contributed by atoms with Gasteiger partial charge < -0.3 is 4.74 Å². The minimum atomic E-state index is -4.24. The van der Waals surface area contributed by atoms with Crippen molar-refractivity contribution in [1.29, 1.82) is 5.26 Å². The molecule has 0 spiro atoms. The average Bonchev–Trinajstić information content (AvgIpc) is 2.59. The van der Waals surface area contributed by atoms with Crippen LogP contribution in [-0.2, 0) is 0 Å². The van der Waals surface area contributed by atoms with Gasteiger partial charge in [0.05, 0.1) is 6.42 Å². The van der Waals surface area contributed by atoms with Crippen LogP contribution < -0.4 is 4.74 Å². The largest absolute Gasteiger partial charge is 0.426 e. The third kappa shape index (κ3) is 7.13. The molecule has 2 nitrogen and oxygen atoms in total. The summed E-state index contributed by atoms with van der Waals surface area (Å²) in [6, 6.07) is 0.871. The van der Waals surface area contributed by atoms with Crippen LogP contribution in [0.1, 0.15) is 56.9 Å². The van der Waals surface area contributed by atoms with Crippen LogP contribution in [0, 0.1) is 34.6 Å². The Morgan fingerprint density at radius 1 is 0.679 bits per heavy atom. The fraction of sp³-hybridized carbons (Fsp3) is 0.588. The van der Waals surface area contributed by atoms with Crippen LogP contribution in [0.5, 0.6) is 5.75 Å². The van der Waals surface area contributed by atoms with Gasteiger partial charge in [0.1, 0.15) is 11.6 Å². The van der Waals surface area contributed by atoms with Crippen LogP contribution in [0.2, 0.25) is 0 Å². The van der Waals surface area contributed by atoms with Gasteiger partial charge in [-0.15, -0.1) is 0 Å². The Bertz CT molecular complexity index is 681. The number of halogens is 9. The first-order valence-electron chi connectivity index (χ1n) is 8.29. The summed E-state index contributed by atoms with van der Waals surface area (Å²) < 4.78 is 121. The number of hydrogen-bond acceptors (Lipinski definition) is 2. The van der Waals surface area contributed by atoms with Crippen molar-refractivity contribution in [2.24, 2.45) is 0 Å². The maximum atomic E-state index is 13.7. The molecule has 11 heteroatoms. The van der Waals surface area contributed by atoms with Crippen molar-refractivity contribution < 1.29 is 44.3 Å². The third-order valence-electron chi connectivity index (χ3n) is 3.76. The first-order valence-corrected chi connectivity index (χ1v) is 8.29. The Kier molecular flexibility index (Phi) is 8.45. The summed E-state index contributed by atoms with van der Waals surface area (Å²) >= 11 is 0. The van der Waals surface area contributed by atoms with E-state index >= 15 is 0 Å². The maximum absolute atomic E-state index is 13.7. The Morgan fingerprint density at radius 3 is 1.54 bits per heavy atom. The molecule has 0 amide bonds. The van der Waals surface area contributed by atoms with Crippen LogP contribution >= 0.6 is 0 Å². The van der Waals surface area contributed by atoms with Gasteiger partial charge in [0.25, 0.3) is 0 Å². The predicted octanol–water partition coefficient (Wildman–Crippen LogP) is 6.77. The zero-order valence-corrected chi connectivity index (χ0v) is 14.4. The van der Waals surface area contributed by atoms with Crippen molar-refractivity contribution in [3.05, 3.63) is 28.8 Å². The number of rotatable bonds is 10. The highest BCUT2D eigenvalue weighted by Gasteiger charge is 2.36. The summed E-state index contributed by atoms with van der Waals surface area (Å²) in [5, 5.41) is 8.42. The van der Waals surface area contributed by atoms with E-state index in [1.54, 1.807) is 0 Å². The Hall–Kier alpha value is -2.12. The van der Waals surface area contributed by atoms with Crippen molar-refractivity contribution in [3.8, 4) is 11.8 Å². The molecule has 28 heavy (non-hydrogen) atoms. The quantitative estimate of drug-likeness (QED) is 0.237. The summed E-state index contributed by atoms with van der Waals surface area (Å²) in [6.07, 6.45) is -9.41. The summed E-state index contributed by atoms with van der Waals surface area (Å²) in [4.78, 5) is 0. The molecule has 158 valence electrons. The van der Waals surface area contributed by atoms with Crippen molar-refractivity contribution in [3.63, 3.8) is 0 Å². The molecular weight excluding hydrogens is 405 g/mol. The fourth-order valence-electron chi connectivity index (χ4n) is 2.36. The summed E-state index contributed by atoms with van der Waals surface area (Å²) in [5.74, 6) is -10.8. The lowest BCUT2D eigenvalue weighted by atomic mass is 10.1. The highest BCUT2D eigenvalue weighted by Crippen LogP contribution is 2.35. The Morgan fingerprint density at radius 2 is 1.11 bits per heavy atom. The second-order valence-corrected chi connectivity index (χ2v) is 6.05. The number of ether oxygens (including phenoxy) is 1. The molecule has 0 aliphatic carbocycles. The number of nitrogens with zero attached hydrogens (tertiary/aromatic N) is 1. The van der Waals surface area contributed by atoms with E-state index in [9.17, 15) is 39.5 Å². The van der Waals surface area contributed by atoms with Gasteiger partial charge in [-0.2, -0.15) is 36.0 Å². The molecule has 0 aromatic heterocycles. The van der Waals surface area contributed by atoms with E-state index in [0.717, 1.165) is 6.07 Å². The maximum Gasteiger partial charge on any atom is 0.398 e. The van der Waals surface area contributed by atoms with E-state index in [1.165, 1.54) is 0 Å². The van der Waals surface area contributed by atoms with Gasteiger partial charge in [-0.3, -0.25) is 0 Å². The minimum Gasteiger partial charge on any atom is -0.426 e. The van der Waals surface area contributed by atoms with Crippen molar-refractivity contribution in [2.45, 2.75) is 63.7 Å². The van der Waals surface area contributed by atoms with Crippen LogP contribution in [0.4, 0.5) is 39.5 Å². The average molecular weight is 421 g/mol. The molecule has 0 unspecified atom stereocenters. The molecule has 0 bridgehead atoms. The normalized spacial score (nSPS) is 12.1. The van der Waals surface area contributed by atoms with Gasteiger partial charge >= 0.3 is 12.3 Å². The Balaban J connectivity index is 2.52. The zero-order chi connectivity index (χ0) is 21.5. The van der Waals surface area contributed by atoms with Crippen LogP contribution in [0.25, 0.3) is 0 Å². The van der Waals surface area contributed by atoms with Crippen LogP contribution in [-0.4, -0.2) is 12.3 Å². The van der Waals surface area contributed by atoms with E-state index in [0.29, 0.717) is 12.8 Å². The number of unbranched alkanes of at least 4 members (excludes halogenated alkanes) is 5. The minimum absolute atomic E-state index is 0.0723. The first-order chi connectivity index (χ1) is 12.9. The second kappa shape index (κ2) is 9.89. The molecule has 0 aliphatic rings. The lowest BCUT2D eigenvalue weighted by Crippen LogP contribution is -2.26. The highest BCUT2D eigenvalue weighted by atomic mass is 19.4. The summed E-state index contributed by atoms with van der Waals surface area (Å²) in [5.41, 5.74) is -1.60. The van der Waals surface area contributed by atoms with E-state index in [4.69, 9.17) is 5.26 Å². The van der Waals surface area contributed by atoms with Gasteiger partial charge in [0.15, 0.2) is 11.6 Å². The van der Waals surface area contributed by atoms with Crippen LogP contribution in [0.3, 0.4) is 0 Å². The molecule has 0 saturated carbocycles. The molecule has 0 saturated heterocycles. The molecule has 1 rings (SSSR count). The third-order valence-corrected chi connectivity index (χ3v) is 3.76. The topological polar surface area (TPSA) is 33.0 Å². The van der Waals surface area contributed by atoms with E-state index in [2.05, 4.69) is 4.74 Å². The lowest BCUT2D eigenvalue weighted by Gasteiger charge is -2.19. The molecule has 0 radical (unpaired) electrons. The standard InChI is InChI=1S/C17H16F9NO/c18-11-10(9-27)12(19)14(21)15(13(11)20)28-17(25,26)8-6-4-2-1-3-5-7-16(22,23)24/h1-8H2. The first kappa shape index (κ1) is 23.9. The molecule has 0 aliphatic heterocycles. The molecular formula is C17H16F9NO. The van der Waals surface area contributed by atoms with Crippen molar-refractivity contribution in [2.75, 3.05) is 0 Å². The fourth-order valence-corrected chi connectivity index (χ4v) is 2.36. The predicted molar refractivity (Wildman–Crippen MR) is 79.6 cm³/mol. The summed E-state index contributed by atoms with van der Waals surface area (Å²) in [7, 11) is 0. The number of nitriles is 1. The van der Waals surface area contributed by atoms with Gasteiger partial charge in [-0.1, -0.05) is 25.7 Å². The SMILES string of the molecule is N#Cc1c(F)c(F)c(OC(F)(F)CCCCCCCCC(F)(F)F)c(F)c1F. The molecule has 0 heterocycles. The lowest BCUT2D eigenvalue weighted by molar-refractivity contribution is -0.184. The number of benzene rings is 1.